The minimum absolute atomic E-state index is 0.0618. The molecule has 0 saturated carbocycles. The Morgan fingerprint density at radius 1 is 1.16 bits per heavy atom. The SMILES string of the molecule is CC(C)(C)OC(=O)N1CC(C(=O)N2CCC(C#N)(Cc3ccc(F)cc3)CC2)Oc2cc(N3C=CCCC=N3)c(Cl)cc21. The van der Waals surface area contributed by atoms with Crippen molar-refractivity contribution >= 4 is 41.2 Å². The van der Waals surface area contributed by atoms with Crippen LogP contribution in [0.1, 0.15) is 52.0 Å². The molecule has 11 heteroatoms. The minimum Gasteiger partial charge on any atom is -0.476 e. The van der Waals surface area contributed by atoms with Gasteiger partial charge in [-0.1, -0.05) is 29.8 Å². The first kappa shape index (κ1) is 30.4. The summed E-state index contributed by atoms with van der Waals surface area (Å²) in [7, 11) is 0. The van der Waals surface area contributed by atoms with Gasteiger partial charge in [-0.05, 0) is 76.6 Å². The van der Waals surface area contributed by atoms with E-state index in [0.29, 0.717) is 54.5 Å². The van der Waals surface area contributed by atoms with Crippen LogP contribution in [0, 0.1) is 22.6 Å². The molecule has 3 aliphatic rings. The van der Waals surface area contributed by atoms with Crippen molar-refractivity contribution in [1.29, 1.82) is 5.26 Å². The van der Waals surface area contributed by atoms with Gasteiger partial charge in [0.05, 0.1) is 34.4 Å². The lowest BCUT2D eigenvalue weighted by atomic mass is 9.75. The van der Waals surface area contributed by atoms with E-state index < -0.39 is 23.2 Å². The highest BCUT2D eigenvalue weighted by atomic mass is 35.5. The van der Waals surface area contributed by atoms with Crippen molar-refractivity contribution in [1.82, 2.24) is 4.90 Å². The van der Waals surface area contributed by atoms with Gasteiger partial charge in [0.2, 0.25) is 0 Å². The number of carbonyl (C=O) groups excluding carboxylic acids is 2. The molecule has 5 rings (SSSR count). The van der Waals surface area contributed by atoms with Crippen molar-refractivity contribution < 1.29 is 23.5 Å². The number of nitriles is 1. The van der Waals surface area contributed by atoms with Crippen LogP contribution in [0.4, 0.5) is 20.6 Å². The van der Waals surface area contributed by atoms with Gasteiger partial charge in [0, 0.05) is 31.6 Å². The molecule has 2 amide bonds. The number of halogens is 2. The van der Waals surface area contributed by atoms with Crippen LogP contribution in [0.2, 0.25) is 5.02 Å². The Kier molecular flexibility index (Phi) is 8.65. The summed E-state index contributed by atoms with van der Waals surface area (Å²) >= 11 is 6.67. The number of rotatable bonds is 4. The molecule has 0 radical (unpaired) electrons. The number of carbonyl (C=O) groups is 2. The van der Waals surface area contributed by atoms with Gasteiger partial charge in [-0.2, -0.15) is 10.4 Å². The van der Waals surface area contributed by atoms with E-state index in [1.54, 1.807) is 61.2 Å². The van der Waals surface area contributed by atoms with Crippen LogP contribution in [0.25, 0.3) is 0 Å². The molecule has 1 saturated heterocycles. The number of piperidine rings is 1. The summed E-state index contributed by atoms with van der Waals surface area (Å²) in [5.74, 6) is -0.297. The maximum absolute atomic E-state index is 13.8. The number of likely N-dealkylation sites (tertiary alicyclic amines) is 1. The van der Waals surface area contributed by atoms with E-state index in [1.165, 1.54) is 17.0 Å². The van der Waals surface area contributed by atoms with E-state index in [4.69, 9.17) is 21.1 Å². The summed E-state index contributed by atoms with van der Waals surface area (Å²) in [6.07, 6.45) is 7.02. The molecule has 0 aromatic heterocycles. The smallest absolute Gasteiger partial charge is 0.415 e. The second-order valence-electron chi connectivity index (χ2n) is 12.1. The van der Waals surface area contributed by atoms with Crippen LogP contribution in [0.3, 0.4) is 0 Å². The zero-order valence-electron chi connectivity index (χ0n) is 24.6. The molecule has 3 aliphatic heterocycles. The highest BCUT2D eigenvalue weighted by Crippen LogP contribution is 2.43. The summed E-state index contributed by atoms with van der Waals surface area (Å²) < 4.78 is 25.3. The van der Waals surface area contributed by atoms with E-state index in [9.17, 15) is 19.2 Å². The fraction of sp³-hybridized carbons (Fsp3) is 0.438. The van der Waals surface area contributed by atoms with Crippen LogP contribution >= 0.6 is 11.6 Å². The van der Waals surface area contributed by atoms with Crippen LogP contribution < -0.4 is 14.6 Å². The number of ether oxygens (including phenoxy) is 2. The number of hydrogen-bond acceptors (Lipinski definition) is 7. The quantitative estimate of drug-likeness (QED) is 0.396. The number of amides is 2. The number of hydrogen-bond donors (Lipinski definition) is 0. The summed E-state index contributed by atoms with van der Waals surface area (Å²) in [6, 6.07) is 11.9. The summed E-state index contributed by atoms with van der Waals surface area (Å²) in [5, 5.41) is 16.5. The van der Waals surface area contributed by atoms with Gasteiger partial charge in [-0.25, -0.2) is 14.2 Å². The molecule has 0 aliphatic carbocycles. The Balaban J connectivity index is 1.38. The maximum atomic E-state index is 13.8. The Labute approximate surface area is 256 Å². The molecule has 0 N–H and O–H groups in total. The lowest BCUT2D eigenvalue weighted by Gasteiger charge is -2.41. The number of allylic oxidation sites excluding steroid dienone is 1. The predicted molar refractivity (Wildman–Crippen MR) is 163 cm³/mol. The molecular weight excluding hydrogens is 573 g/mol. The monoisotopic (exact) mass is 607 g/mol. The molecule has 9 nitrogen and oxygen atoms in total. The van der Waals surface area contributed by atoms with Crippen molar-refractivity contribution in [3.05, 3.63) is 65.1 Å². The largest absolute Gasteiger partial charge is 0.476 e. The molecule has 1 atom stereocenters. The average molecular weight is 608 g/mol. The molecule has 226 valence electrons. The number of hydrazone groups is 1. The van der Waals surface area contributed by atoms with Gasteiger partial charge in [-0.15, -0.1) is 0 Å². The Morgan fingerprint density at radius 3 is 2.56 bits per heavy atom. The second kappa shape index (κ2) is 12.3. The van der Waals surface area contributed by atoms with E-state index in [-0.39, 0.29) is 18.3 Å². The Morgan fingerprint density at radius 2 is 1.88 bits per heavy atom. The first-order valence-electron chi connectivity index (χ1n) is 14.4. The number of nitrogens with zero attached hydrogens (tertiary/aromatic N) is 5. The van der Waals surface area contributed by atoms with E-state index >= 15 is 0 Å². The molecular formula is C32H35ClFN5O4. The summed E-state index contributed by atoms with van der Waals surface area (Å²) in [5.41, 5.74) is 0.397. The van der Waals surface area contributed by atoms with Crippen molar-refractivity contribution in [3.8, 4) is 11.8 Å². The maximum Gasteiger partial charge on any atom is 0.415 e. The molecule has 43 heavy (non-hydrogen) atoms. The molecule has 0 spiro atoms. The Hall–Kier alpha value is -4.10. The van der Waals surface area contributed by atoms with E-state index in [1.807, 2.05) is 12.3 Å². The molecule has 2 aromatic carbocycles. The molecule has 0 bridgehead atoms. The fourth-order valence-electron chi connectivity index (χ4n) is 5.44. The summed E-state index contributed by atoms with van der Waals surface area (Å²) in [6.45, 7) is 5.97. The molecule has 1 unspecified atom stereocenters. The first-order valence-corrected chi connectivity index (χ1v) is 14.8. The molecule has 3 heterocycles. The lowest BCUT2D eigenvalue weighted by Crippen LogP contribution is -2.54. The van der Waals surface area contributed by atoms with Crippen molar-refractivity contribution in [2.45, 2.75) is 64.6 Å². The third kappa shape index (κ3) is 6.94. The number of fused-ring (bicyclic) bond motifs is 1. The van der Waals surface area contributed by atoms with Crippen molar-refractivity contribution in [3.63, 3.8) is 0 Å². The van der Waals surface area contributed by atoms with Gasteiger partial charge >= 0.3 is 6.09 Å². The minimum atomic E-state index is -0.996. The molecule has 1 fully saturated rings. The average Bonchev–Trinajstić information content (AvgIpc) is 3.26. The molecule has 2 aromatic rings. The highest BCUT2D eigenvalue weighted by molar-refractivity contribution is 6.33. The lowest BCUT2D eigenvalue weighted by molar-refractivity contribution is -0.140. The van der Waals surface area contributed by atoms with Crippen LogP contribution in [0.15, 0.2) is 53.8 Å². The summed E-state index contributed by atoms with van der Waals surface area (Å²) in [4.78, 5) is 30.3. The topological polar surface area (TPSA) is 98.5 Å². The number of benzene rings is 2. The van der Waals surface area contributed by atoms with Gasteiger partial charge in [-0.3, -0.25) is 9.69 Å². The van der Waals surface area contributed by atoms with Crippen LogP contribution in [-0.2, 0) is 16.0 Å². The predicted octanol–water partition coefficient (Wildman–Crippen LogP) is 6.46. The zero-order valence-corrected chi connectivity index (χ0v) is 25.3. The third-order valence-corrected chi connectivity index (χ3v) is 8.02. The van der Waals surface area contributed by atoms with Gasteiger partial charge in [0.15, 0.2) is 6.10 Å². The first-order chi connectivity index (χ1) is 20.5. The fourth-order valence-corrected chi connectivity index (χ4v) is 5.68. The van der Waals surface area contributed by atoms with Gasteiger partial charge < -0.3 is 14.4 Å². The van der Waals surface area contributed by atoms with Crippen molar-refractivity contribution in [2.24, 2.45) is 10.5 Å². The zero-order chi connectivity index (χ0) is 30.8. The second-order valence-corrected chi connectivity index (χ2v) is 12.5. The normalized spacial score (nSPS) is 19.6. The standard InChI is InChI=1S/C32H35ClFN5O4/c1-31(2,3)43-30(41)38-20-28(42-27-18-25(24(33)17-26(27)38)39-14-6-4-5-13-36-39)29(40)37-15-11-32(21-35,12-16-37)19-22-7-9-23(34)10-8-22/h6-10,13-14,17-18,28H,4-5,11-12,15-16,19-20H2,1-3H3. The highest BCUT2D eigenvalue weighted by Gasteiger charge is 2.42. The van der Waals surface area contributed by atoms with Crippen molar-refractivity contribution in [2.75, 3.05) is 29.5 Å². The van der Waals surface area contributed by atoms with Crippen LogP contribution in [-0.4, -0.2) is 54.5 Å². The van der Waals surface area contributed by atoms with Gasteiger partial charge in [0.1, 0.15) is 17.2 Å². The third-order valence-electron chi connectivity index (χ3n) is 7.71. The number of anilines is 2. The van der Waals surface area contributed by atoms with Gasteiger partial charge in [0.25, 0.3) is 5.91 Å². The van der Waals surface area contributed by atoms with E-state index in [2.05, 4.69) is 11.2 Å². The van der Waals surface area contributed by atoms with E-state index in [0.717, 1.165) is 18.4 Å². The Bertz CT molecular complexity index is 1460. The van der Waals surface area contributed by atoms with Crippen LogP contribution in [0.5, 0.6) is 5.75 Å².